The number of aryl methyl sites for hydroxylation is 2. The zero-order chi connectivity index (χ0) is 25.1. The van der Waals surface area contributed by atoms with E-state index in [1.54, 1.807) is 17.8 Å². The number of anilines is 1. The van der Waals surface area contributed by atoms with Crippen LogP contribution in [0.15, 0.2) is 62.7 Å². The molecule has 1 aliphatic rings. The molecule has 1 atom stereocenters. The fraction of sp³-hybridized carbons (Fsp3) is 0.304. The van der Waals surface area contributed by atoms with Gasteiger partial charge in [0, 0.05) is 41.5 Å². The molecule has 0 spiro atoms. The molecule has 0 saturated carbocycles. The number of carbonyl (C=O) groups is 1. The fourth-order valence-electron chi connectivity index (χ4n) is 3.59. The zero-order valence-electron chi connectivity index (χ0n) is 19.9. The van der Waals surface area contributed by atoms with Gasteiger partial charge in [-0.05, 0) is 68.6 Å². The van der Waals surface area contributed by atoms with Crippen molar-refractivity contribution in [2.24, 2.45) is 7.05 Å². The van der Waals surface area contributed by atoms with E-state index in [0.717, 1.165) is 46.6 Å². The number of pyridine rings is 1. The lowest BCUT2D eigenvalue weighted by molar-refractivity contribution is 0.101. The number of nitrogens with zero attached hydrogens (tertiary/aromatic N) is 7. The normalized spacial score (nSPS) is 15.8. The average molecular weight is 541 g/mol. The van der Waals surface area contributed by atoms with E-state index >= 15 is 0 Å². The van der Waals surface area contributed by atoms with E-state index in [1.165, 1.54) is 23.5 Å². The predicted molar refractivity (Wildman–Crippen MR) is 139 cm³/mol. The van der Waals surface area contributed by atoms with E-state index in [9.17, 15) is 4.79 Å². The summed E-state index contributed by atoms with van der Waals surface area (Å²) in [6.07, 6.45) is 2.87. The summed E-state index contributed by atoms with van der Waals surface area (Å²) in [6.45, 7) is 3.77. The number of likely N-dealkylation sites (N-methyl/N-ethyl adjacent to an activating group) is 1. The highest BCUT2D eigenvalue weighted by Crippen LogP contribution is 2.34. The van der Waals surface area contributed by atoms with Gasteiger partial charge in [-0.1, -0.05) is 11.8 Å². The minimum Gasteiger partial charge on any atom is -0.489 e. The summed E-state index contributed by atoms with van der Waals surface area (Å²) < 4.78 is 12.0. The van der Waals surface area contributed by atoms with Crippen LogP contribution in [0.5, 0.6) is 5.75 Å². The van der Waals surface area contributed by atoms with Crippen molar-refractivity contribution in [3.63, 3.8) is 0 Å². The van der Waals surface area contributed by atoms with E-state index in [1.807, 2.05) is 43.4 Å². The minimum atomic E-state index is -0.348. The molecule has 1 N–H and O–H groups in total. The number of aromatic nitrogens is 6. The molecule has 10 nitrogen and oxygen atoms in total. The second-order valence-corrected chi connectivity index (χ2v) is 11.1. The van der Waals surface area contributed by atoms with Gasteiger partial charge in [0.05, 0.1) is 0 Å². The average Bonchev–Trinajstić information content (AvgIpc) is 3.58. The number of ether oxygens (including phenoxy) is 1. The Bertz CT molecular complexity index is 1360. The Balaban J connectivity index is 1.36. The van der Waals surface area contributed by atoms with Crippen molar-refractivity contribution in [2.75, 3.05) is 25.5 Å². The molecule has 0 aliphatic carbocycles. The maximum absolute atomic E-state index is 13.2. The Morgan fingerprint density at radius 2 is 1.97 bits per heavy atom. The number of nitrogens with one attached hydrogen (secondary N) is 1. The summed E-state index contributed by atoms with van der Waals surface area (Å²) in [5, 5.41) is 12.6. The van der Waals surface area contributed by atoms with Gasteiger partial charge in [0.2, 0.25) is 5.13 Å². The van der Waals surface area contributed by atoms with Gasteiger partial charge < -0.3 is 14.2 Å². The van der Waals surface area contributed by atoms with Crippen LogP contribution in [-0.4, -0.2) is 66.2 Å². The largest absolute Gasteiger partial charge is 0.489 e. The summed E-state index contributed by atoms with van der Waals surface area (Å²) in [5.41, 5.74) is 0.300. The van der Waals surface area contributed by atoms with Crippen LogP contribution in [0.2, 0.25) is 0 Å². The van der Waals surface area contributed by atoms with Crippen LogP contribution in [0.1, 0.15) is 22.7 Å². The Morgan fingerprint density at radius 1 is 1.14 bits per heavy atom. The monoisotopic (exact) mass is 540 g/mol. The maximum atomic E-state index is 13.2. The number of benzene rings is 1. The predicted octanol–water partition coefficient (Wildman–Crippen LogP) is 4.01. The van der Waals surface area contributed by atoms with Crippen molar-refractivity contribution in [3.05, 3.63) is 54.2 Å². The van der Waals surface area contributed by atoms with Gasteiger partial charge in [-0.15, -0.1) is 10.2 Å². The van der Waals surface area contributed by atoms with Crippen LogP contribution in [0.4, 0.5) is 5.13 Å². The molecule has 1 aliphatic heterocycles. The Morgan fingerprint density at radius 3 is 2.64 bits per heavy atom. The first-order valence-corrected chi connectivity index (χ1v) is 13.6. The number of carbonyl (C=O) groups excluding carboxylic acids is 1. The van der Waals surface area contributed by atoms with Gasteiger partial charge in [0.15, 0.2) is 5.16 Å². The summed E-state index contributed by atoms with van der Waals surface area (Å²) >= 11 is 3.94. The van der Waals surface area contributed by atoms with Crippen LogP contribution in [0.3, 0.4) is 0 Å². The summed E-state index contributed by atoms with van der Waals surface area (Å²) in [5.74, 6) is 1.10. The first-order valence-electron chi connectivity index (χ1n) is 11.2. The first kappa shape index (κ1) is 24.7. The topological polar surface area (TPSA) is 111 Å². The molecule has 186 valence electrons. The molecule has 4 aromatic rings. The number of rotatable bonds is 8. The minimum absolute atomic E-state index is 0.218. The van der Waals surface area contributed by atoms with E-state index < -0.39 is 0 Å². The maximum Gasteiger partial charge on any atom is 0.277 e. The molecule has 13 heteroatoms. The second kappa shape index (κ2) is 10.9. The van der Waals surface area contributed by atoms with Crippen LogP contribution in [0.25, 0.3) is 0 Å². The van der Waals surface area contributed by atoms with Crippen LogP contribution in [-0.2, 0) is 7.05 Å². The summed E-state index contributed by atoms with van der Waals surface area (Å²) in [7, 11) is 3.96. The van der Waals surface area contributed by atoms with Crippen LogP contribution < -0.4 is 10.1 Å². The first-order chi connectivity index (χ1) is 17.4. The van der Waals surface area contributed by atoms with E-state index in [4.69, 9.17) is 4.74 Å². The highest BCUT2D eigenvalue weighted by atomic mass is 32.2. The van der Waals surface area contributed by atoms with Crippen molar-refractivity contribution >= 4 is 46.1 Å². The number of amides is 1. The van der Waals surface area contributed by atoms with Crippen molar-refractivity contribution in [3.8, 4) is 5.75 Å². The van der Waals surface area contributed by atoms with Crippen molar-refractivity contribution < 1.29 is 9.53 Å². The van der Waals surface area contributed by atoms with Gasteiger partial charge in [0.1, 0.15) is 34.7 Å². The van der Waals surface area contributed by atoms with Gasteiger partial charge in [-0.2, -0.15) is 4.37 Å². The fourth-order valence-corrected chi connectivity index (χ4v) is 5.80. The molecule has 3 aromatic heterocycles. The SMILES string of the molecule is Cc1nsc(NC(=O)c2nc(Sc3nncn3C)ccc2Sc2ccc(O[C@@H]3CCN(C)C3)cc2)n1. The van der Waals surface area contributed by atoms with Gasteiger partial charge in [-0.3, -0.25) is 10.1 Å². The molecule has 1 aromatic carbocycles. The number of hydrogen-bond acceptors (Lipinski definition) is 11. The third-order valence-corrected chi connectivity index (χ3v) is 8.13. The lowest BCUT2D eigenvalue weighted by Crippen LogP contribution is -2.21. The third-order valence-electron chi connectivity index (χ3n) is 5.36. The Hall–Kier alpha value is -3.00. The molecule has 0 bridgehead atoms. The van der Waals surface area contributed by atoms with Gasteiger partial charge in [0.25, 0.3) is 5.91 Å². The Labute approximate surface area is 221 Å². The molecule has 5 rings (SSSR count). The van der Waals surface area contributed by atoms with Crippen molar-refractivity contribution in [2.45, 2.75) is 39.4 Å². The molecule has 36 heavy (non-hydrogen) atoms. The van der Waals surface area contributed by atoms with E-state index in [0.29, 0.717) is 26.8 Å². The quantitative estimate of drug-likeness (QED) is 0.352. The standard InChI is InChI=1S/C23H24N8O2S3/c1-14-25-22(36-29-14)27-21(32)20-18(8-9-19(26-20)35-23-28-24-13-31(23)3)34-17-6-4-15(5-7-17)33-16-10-11-30(2)12-16/h4-9,13,16H,10-12H2,1-3H3,(H,25,27,29,32)/t16-/m1/s1. The third kappa shape index (κ3) is 6.03. The highest BCUT2D eigenvalue weighted by Gasteiger charge is 2.21. The summed E-state index contributed by atoms with van der Waals surface area (Å²) in [6, 6.07) is 11.7. The number of hydrogen-bond donors (Lipinski definition) is 1. The smallest absolute Gasteiger partial charge is 0.277 e. The molecular formula is C23H24N8O2S3. The lowest BCUT2D eigenvalue weighted by atomic mass is 10.3. The molecular weight excluding hydrogens is 517 g/mol. The molecule has 1 fully saturated rings. The van der Waals surface area contributed by atoms with Gasteiger partial charge in [-0.25, -0.2) is 9.97 Å². The van der Waals surface area contributed by atoms with Crippen molar-refractivity contribution in [1.29, 1.82) is 0 Å². The molecule has 0 radical (unpaired) electrons. The zero-order valence-corrected chi connectivity index (χ0v) is 22.4. The lowest BCUT2D eigenvalue weighted by Gasteiger charge is -2.14. The van der Waals surface area contributed by atoms with E-state index in [2.05, 4.69) is 41.8 Å². The van der Waals surface area contributed by atoms with Crippen LogP contribution in [0, 0.1) is 6.92 Å². The second-order valence-electron chi connectivity index (χ2n) is 8.29. The van der Waals surface area contributed by atoms with Crippen LogP contribution >= 0.6 is 35.1 Å². The Kier molecular flexibility index (Phi) is 7.51. The molecule has 1 amide bonds. The van der Waals surface area contributed by atoms with Gasteiger partial charge >= 0.3 is 0 Å². The molecule has 1 saturated heterocycles. The van der Waals surface area contributed by atoms with E-state index in [-0.39, 0.29) is 12.0 Å². The number of likely N-dealkylation sites (tertiary alicyclic amines) is 1. The highest BCUT2D eigenvalue weighted by molar-refractivity contribution is 7.99. The molecule has 0 unspecified atom stereocenters. The summed E-state index contributed by atoms with van der Waals surface area (Å²) in [4.78, 5) is 26.1. The van der Waals surface area contributed by atoms with Crippen molar-refractivity contribution in [1.82, 2.24) is 34.0 Å². The molecule has 4 heterocycles.